The molecule has 4 nitrogen and oxygen atoms in total. The van der Waals surface area contributed by atoms with E-state index < -0.39 is 0 Å². The van der Waals surface area contributed by atoms with E-state index >= 15 is 0 Å². The lowest BCUT2D eigenvalue weighted by atomic mass is 10.1. The molecule has 4 rings (SSSR count). The minimum Gasteiger partial charge on any atom is -0.367 e. The number of likely N-dealkylation sites (N-methyl/N-ethyl adjacent to an activating group) is 1. The lowest BCUT2D eigenvalue weighted by Gasteiger charge is -2.34. The van der Waals surface area contributed by atoms with Crippen molar-refractivity contribution in [3.05, 3.63) is 50.1 Å². The second-order valence-electron chi connectivity index (χ2n) is 6.27. The number of allylic oxidation sites excluding steroid dienone is 2. The predicted molar refractivity (Wildman–Crippen MR) is 104 cm³/mol. The molecule has 2 aliphatic heterocycles. The van der Waals surface area contributed by atoms with Gasteiger partial charge in [0.1, 0.15) is 0 Å². The van der Waals surface area contributed by atoms with E-state index in [-0.39, 0.29) is 0 Å². The van der Waals surface area contributed by atoms with Gasteiger partial charge in [0.25, 0.3) is 0 Å². The molecule has 1 aromatic carbocycles. The van der Waals surface area contributed by atoms with Gasteiger partial charge in [-0.15, -0.1) is 11.3 Å². The highest BCUT2D eigenvalue weighted by molar-refractivity contribution is 7.08. The van der Waals surface area contributed by atoms with Crippen molar-refractivity contribution in [3.8, 4) is 6.07 Å². The number of rotatable bonds is 1. The van der Waals surface area contributed by atoms with Crippen LogP contribution < -0.4 is 15.5 Å². The SMILES string of the molecule is CN1CCN(c2ccc(Cl)c3c2=Nc2cscc2/C(=C\C#N)C=3)CC1. The van der Waals surface area contributed by atoms with Crippen LogP contribution in [0, 0.1) is 11.3 Å². The van der Waals surface area contributed by atoms with E-state index in [1.807, 2.05) is 22.9 Å². The van der Waals surface area contributed by atoms with Gasteiger partial charge in [0.05, 0.1) is 27.8 Å². The number of hydrogen-bond acceptors (Lipinski definition) is 5. The zero-order valence-corrected chi connectivity index (χ0v) is 15.4. The molecule has 126 valence electrons. The summed E-state index contributed by atoms with van der Waals surface area (Å²) in [5.41, 5.74) is 3.86. The quantitative estimate of drug-likeness (QED) is 0.727. The van der Waals surface area contributed by atoms with Crippen molar-refractivity contribution in [1.29, 1.82) is 5.26 Å². The molecule has 0 bridgehead atoms. The van der Waals surface area contributed by atoms with Gasteiger partial charge in [-0.1, -0.05) is 11.6 Å². The summed E-state index contributed by atoms with van der Waals surface area (Å²) in [7, 11) is 2.15. The summed E-state index contributed by atoms with van der Waals surface area (Å²) in [6.07, 6.45) is 3.55. The fourth-order valence-electron chi connectivity index (χ4n) is 3.26. The van der Waals surface area contributed by atoms with Gasteiger partial charge in [0, 0.05) is 53.8 Å². The average molecular weight is 369 g/mol. The largest absolute Gasteiger partial charge is 0.367 e. The Bertz CT molecular complexity index is 1010. The summed E-state index contributed by atoms with van der Waals surface area (Å²) >= 11 is 8.10. The molecular weight excluding hydrogens is 352 g/mol. The van der Waals surface area contributed by atoms with Crippen molar-refractivity contribution in [2.24, 2.45) is 4.99 Å². The monoisotopic (exact) mass is 368 g/mol. The van der Waals surface area contributed by atoms with Crippen LogP contribution in [0.2, 0.25) is 5.02 Å². The molecule has 6 heteroatoms. The van der Waals surface area contributed by atoms with Gasteiger partial charge in [-0.05, 0) is 30.8 Å². The maximum absolute atomic E-state index is 9.15. The number of halogens is 1. The number of fused-ring (bicyclic) bond motifs is 2. The van der Waals surface area contributed by atoms with Crippen LogP contribution in [0.4, 0.5) is 11.4 Å². The van der Waals surface area contributed by atoms with Gasteiger partial charge < -0.3 is 9.80 Å². The van der Waals surface area contributed by atoms with E-state index in [0.29, 0.717) is 5.02 Å². The molecule has 0 aliphatic carbocycles. The van der Waals surface area contributed by atoms with Crippen LogP contribution >= 0.6 is 22.9 Å². The molecule has 1 aromatic heterocycles. The molecule has 0 amide bonds. The predicted octanol–water partition coefficient (Wildman–Crippen LogP) is 2.81. The Labute approximate surface area is 155 Å². The Balaban J connectivity index is 1.97. The molecule has 0 unspecified atom stereocenters. The minimum absolute atomic E-state index is 0.661. The van der Waals surface area contributed by atoms with Crippen molar-refractivity contribution < 1.29 is 0 Å². The average Bonchev–Trinajstić information content (AvgIpc) is 3.00. The van der Waals surface area contributed by atoms with Crippen LogP contribution in [0.15, 0.2) is 34.0 Å². The summed E-state index contributed by atoms with van der Waals surface area (Å²) in [6, 6.07) is 6.14. The number of thiophene rings is 1. The van der Waals surface area contributed by atoms with Gasteiger partial charge in [-0.25, -0.2) is 4.99 Å². The van der Waals surface area contributed by atoms with Crippen LogP contribution in [0.1, 0.15) is 5.56 Å². The molecule has 0 N–H and O–H groups in total. The van der Waals surface area contributed by atoms with Crippen LogP contribution in [-0.2, 0) is 0 Å². The summed E-state index contributed by atoms with van der Waals surface area (Å²) in [5, 5.41) is 15.7. The third kappa shape index (κ3) is 2.98. The zero-order valence-electron chi connectivity index (χ0n) is 13.9. The van der Waals surface area contributed by atoms with Gasteiger partial charge in [0.15, 0.2) is 0 Å². The van der Waals surface area contributed by atoms with Crippen LogP contribution in [0.5, 0.6) is 0 Å². The van der Waals surface area contributed by atoms with E-state index in [1.165, 1.54) is 0 Å². The Hall–Kier alpha value is -2.13. The summed E-state index contributed by atoms with van der Waals surface area (Å²) in [6.45, 7) is 4.00. The van der Waals surface area contributed by atoms with E-state index in [2.05, 4.69) is 29.0 Å². The van der Waals surface area contributed by atoms with Crippen LogP contribution in [0.3, 0.4) is 0 Å². The lowest BCUT2D eigenvalue weighted by molar-refractivity contribution is 0.312. The van der Waals surface area contributed by atoms with E-state index in [9.17, 15) is 0 Å². The maximum atomic E-state index is 9.15. The normalized spacial score (nSPS) is 18.6. The third-order valence-electron chi connectivity index (χ3n) is 4.69. The lowest BCUT2D eigenvalue weighted by Crippen LogP contribution is -2.47. The Morgan fingerprint density at radius 3 is 2.80 bits per heavy atom. The number of nitrogens with zero attached hydrogens (tertiary/aromatic N) is 4. The molecule has 0 spiro atoms. The topological polar surface area (TPSA) is 42.6 Å². The molecule has 2 aromatic rings. The molecule has 3 heterocycles. The number of benzene rings is 1. The Kier molecular flexibility index (Phi) is 4.34. The number of nitriles is 1. The second-order valence-corrected chi connectivity index (χ2v) is 7.43. The van der Waals surface area contributed by atoms with Crippen LogP contribution in [-0.4, -0.2) is 38.1 Å². The van der Waals surface area contributed by atoms with Crippen molar-refractivity contribution in [2.45, 2.75) is 0 Å². The summed E-state index contributed by atoms with van der Waals surface area (Å²) in [4.78, 5) is 9.64. The highest BCUT2D eigenvalue weighted by Gasteiger charge is 2.19. The highest BCUT2D eigenvalue weighted by Crippen LogP contribution is 2.32. The zero-order chi connectivity index (χ0) is 17.4. The molecule has 1 fully saturated rings. The Morgan fingerprint density at radius 1 is 1.24 bits per heavy atom. The second kappa shape index (κ2) is 6.64. The Morgan fingerprint density at radius 2 is 2.04 bits per heavy atom. The molecular formula is C19H17ClN4S. The van der Waals surface area contributed by atoms with Crippen molar-refractivity contribution >= 4 is 46.0 Å². The smallest absolute Gasteiger partial charge is 0.0958 e. The van der Waals surface area contributed by atoms with Crippen molar-refractivity contribution in [1.82, 2.24) is 4.90 Å². The molecule has 0 atom stereocenters. The first-order valence-electron chi connectivity index (χ1n) is 8.16. The van der Waals surface area contributed by atoms with E-state index in [4.69, 9.17) is 21.9 Å². The van der Waals surface area contributed by atoms with Gasteiger partial charge >= 0.3 is 0 Å². The number of anilines is 1. The molecule has 0 saturated carbocycles. The van der Waals surface area contributed by atoms with Gasteiger partial charge in [0.2, 0.25) is 0 Å². The molecule has 1 saturated heterocycles. The summed E-state index contributed by atoms with van der Waals surface area (Å²) in [5.74, 6) is 0. The van der Waals surface area contributed by atoms with Gasteiger partial charge in [-0.3, -0.25) is 0 Å². The first kappa shape index (κ1) is 16.3. The summed E-state index contributed by atoms with van der Waals surface area (Å²) < 4.78 is 0. The number of hydrogen-bond donors (Lipinski definition) is 0. The molecule has 25 heavy (non-hydrogen) atoms. The molecule has 2 aliphatic rings. The third-order valence-corrected chi connectivity index (χ3v) is 5.75. The molecule has 0 radical (unpaired) electrons. The fraction of sp³-hybridized carbons (Fsp3) is 0.263. The highest BCUT2D eigenvalue weighted by atomic mass is 35.5. The minimum atomic E-state index is 0.661. The standard InChI is InChI=1S/C19H17ClN4S/c1-23-6-8-24(9-7-23)18-3-2-16(20)14-10-13(4-5-21)15-11-25-12-17(15)22-19(14)18/h2-4,10-12H,6-9H2,1H3/b13-4-. The maximum Gasteiger partial charge on any atom is 0.0958 e. The number of piperazine rings is 1. The van der Waals surface area contributed by atoms with E-state index in [0.717, 1.165) is 59.3 Å². The first-order valence-corrected chi connectivity index (χ1v) is 9.48. The first-order chi connectivity index (χ1) is 12.2. The fourth-order valence-corrected chi connectivity index (χ4v) is 4.24. The van der Waals surface area contributed by atoms with E-state index in [1.54, 1.807) is 17.4 Å². The van der Waals surface area contributed by atoms with Crippen molar-refractivity contribution in [3.63, 3.8) is 0 Å². The van der Waals surface area contributed by atoms with Gasteiger partial charge in [-0.2, -0.15) is 5.26 Å². The van der Waals surface area contributed by atoms with Crippen molar-refractivity contribution in [2.75, 3.05) is 38.1 Å². The van der Waals surface area contributed by atoms with Crippen LogP contribution in [0.25, 0.3) is 11.6 Å².